The smallest absolute Gasteiger partial charge is 0.307 e. The Labute approximate surface area is 160 Å². The Hall–Kier alpha value is -2.88. The van der Waals surface area contributed by atoms with Gasteiger partial charge in [-0.3, -0.25) is 9.48 Å². The molecule has 0 atom stereocenters. The van der Waals surface area contributed by atoms with Crippen molar-refractivity contribution in [1.82, 2.24) is 9.78 Å². The Morgan fingerprint density at radius 3 is 2.04 bits per heavy atom. The van der Waals surface area contributed by atoms with Gasteiger partial charge in [0.25, 0.3) is 0 Å². The minimum absolute atomic E-state index is 0.197. The molecule has 0 radical (unpaired) electrons. The van der Waals surface area contributed by atoms with Gasteiger partial charge in [0.2, 0.25) is 0 Å². The van der Waals surface area contributed by atoms with Crippen molar-refractivity contribution >= 4 is 5.97 Å². The summed E-state index contributed by atoms with van der Waals surface area (Å²) in [5.41, 5.74) is 7.75. The van der Waals surface area contributed by atoms with Gasteiger partial charge in [-0.15, -0.1) is 0 Å². The molecule has 0 saturated carbocycles. The summed E-state index contributed by atoms with van der Waals surface area (Å²) in [7, 11) is 0. The van der Waals surface area contributed by atoms with E-state index in [0.29, 0.717) is 19.6 Å². The molecule has 0 aliphatic heterocycles. The standard InChI is InChI=1S/C23H26N2O2/c1-5-27-21(26)14-15-25-23(20-12-8-17(3)9-13-20)18(4)22(24-25)19-10-6-16(2)7-11-19/h6-13H,5,14-15H2,1-4H3. The summed E-state index contributed by atoms with van der Waals surface area (Å²) in [6.07, 6.45) is 0.307. The van der Waals surface area contributed by atoms with Crippen molar-refractivity contribution in [2.24, 2.45) is 0 Å². The molecule has 27 heavy (non-hydrogen) atoms. The van der Waals surface area contributed by atoms with E-state index in [4.69, 9.17) is 9.84 Å². The molecule has 0 saturated heterocycles. The van der Waals surface area contributed by atoms with Gasteiger partial charge in [-0.05, 0) is 27.7 Å². The van der Waals surface area contributed by atoms with Crippen molar-refractivity contribution in [1.29, 1.82) is 0 Å². The maximum Gasteiger partial charge on any atom is 0.307 e. The topological polar surface area (TPSA) is 44.1 Å². The first-order valence-electron chi connectivity index (χ1n) is 9.36. The van der Waals surface area contributed by atoms with Crippen molar-refractivity contribution in [2.45, 2.75) is 40.7 Å². The highest BCUT2D eigenvalue weighted by atomic mass is 16.5. The van der Waals surface area contributed by atoms with Gasteiger partial charge in [0.1, 0.15) is 0 Å². The quantitative estimate of drug-likeness (QED) is 0.573. The van der Waals surface area contributed by atoms with E-state index in [9.17, 15) is 4.79 Å². The molecule has 0 fully saturated rings. The van der Waals surface area contributed by atoms with Crippen molar-refractivity contribution in [2.75, 3.05) is 6.61 Å². The summed E-state index contributed by atoms with van der Waals surface area (Å²) in [6, 6.07) is 16.8. The van der Waals surface area contributed by atoms with E-state index in [1.54, 1.807) is 0 Å². The first-order chi connectivity index (χ1) is 13.0. The fourth-order valence-electron chi connectivity index (χ4n) is 3.21. The molecule has 3 rings (SSSR count). The van der Waals surface area contributed by atoms with Crippen LogP contribution in [0, 0.1) is 20.8 Å². The van der Waals surface area contributed by atoms with Gasteiger partial charge in [0, 0.05) is 16.7 Å². The maximum absolute atomic E-state index is 11.8. The van der Waals surface area contributed by atoms with Gasteiger partial charge in [0.15, 0.2) is 0 Å². The van der Waals surface area contributed by atoms with Crippen LogP contribution >= 0.6 is 0 Å². The Morgan fingerprint density at radius 2 is 1.48 bits per heavy atom. The van der Waals surface area contributed by atoms with E-state index in [1.807, 2.05) is 11.6 Å². The minimum atomic E-state index is -0.197. The number of hydrogen-bond donors (Lipinski definition) is 0. The van der Waals surface area contributed by atoms with Gasteiger partial charge < -0.3 is 4.74 Å². The molecule has 0 amide bonds. The van der Waals surface area contributed by atoms with Crippen molar-refractivity contribution in [3.05, 3.63) is 65.2 Å². The summed E-state index contributed by atoms with van der Waals surface area (Å²) in [4.78, 5) is 11.8. The lowest BCUT2D eigenvalue weighted by Gasteiger charge is -2.09. The van der Waals surface area contributed by atoms with Crippen LogP contribution in [-0.4, -0.2) is 22.4 Å². The number of hydrogen-bond acceptors (Lipinski definition) is 3. The third-order valence-corrected chi connectivity index (χ3v) is 4.67. The second-order valence-electron chi connectivity index (χ2n) is 6.83. The molecule has 0 bridgehead atoms. The normalized spacial score (nSPS) is 10.8. The van der Waals surface area contributed by atoms with Gasteiger partial charge in [-0.25, -0.2) is 0 Å². The fourth-order valence-corrected chi connectivity index (χ4v) is 3.21. The van der Waals surface area contributed by atoms with Gasteiger partial charge in [-0.1, -0.05) is 59.7 Å². The molecule has 0 unspecified atom stereocenters. The third kappa shape index (κ3) is 4.27. The van der Waals surface area contributed by atoms with Crippen LogP contribution in [0.3, 0.4) is 0 Å². The SMILES string of the molecule is CCOC(=O)CCn1nc(-c2ccc(C)cc2)c(C)c1-c1ccc(C)cc1. The van der Waals surface area contributed by atoms with Crippen LogP contribution in [0.25, 0.3) is 22.5 Å². The maximum atomic E-state index is 11.8. The summed E-state index contributed by atoms with van der Waals surface area (Å²) >= 11 is 0. The van der Waals surface area contributed by atoms with Crippen LogP contribution < -0.4 is 0 Å². The highest BCUT2D eigenvalue weighted by molar-refractivity contribution is 5.75. The molecular formula is C23H26N2O2. The average Bonchev–Trinajstić information content (AvgIpc) is 2.98. The van der Waals surface area contributed by atoms with Crippen LogP contribution in [-0.2, 0) is 16.1 Å². The van der Waals surface area contributed by atoms with Gasteiger partial charge >= 0.3 is 5.97 Å². The number of benzene rings is 2. The lowest BCUT2D eigenvalue weighted by atomic mass is 10.0. The van der Waals surface area contributed by atoms with Gasteiger partial charge in [0.05, 0.1) is 31.0 Å². The van der Waals surface area contributed by atoms with Crippen LogP contribution in [0.15, 0.2) is 48.5 Å². The first kappa shape index (κ1) is 18.9. The molecule has 0 spiro atoms. The summed E-state index contributed by atoms with van der Waals surface area (Å²) in [5.74, 6) is -0.197. The number of aromatic nitrogens is 2. The van der Waals surface area contributed by atoms with Crippen LogP contribution in [0.4, 0.5) is 0 Å². The van der Waals surface area contributed by atoms with E-state index in [2.05, 4.69) is 69.3 Å². The number of carbonyl (C=O) groups is 1. The number of esters is 1. The second-order valence-corrected chi connectivity index (χ2v) is 6.83. The highest BCUT2D eigenvalue weighted by Crippen LogP contribution is 2.32. The molecule has 4 heteroatoms. The molecular weight excluding hydrogens is 336 g/mol. The van der Waals surface area contributed by atoms with E-state index in [1.165, 1.54) is 11.1 Å². The van der Waals surface area contributed by atoms with E-state index < -0.39 is 0 Å². The zero-order chi connectivity index (χ0) is 19.4. The second kappa shape index (κ2) is 8.21. The highest BCUT2D eigenvalue weighted by Gasteiger charge is 2.18. The lowest BCUT2D eigenvalue weighted by molar-refractivity contribution is -0.143. The van der Waals surface area contributed by atoms with Crippen LogP contribution in [0.5, 0.6) is 0 Å². The summed E-state index contributed by atoms with van der Waals surface area (Å²) in [5, 5.41) is 4.85. The predicted octanol–water partition coefficient (Wildman–Crippen LogP) is 5.10. The Kier molecular flexibility index (Phi) is 5.75. The largest absolute Gasteiger partial charge is 0.466 e. The number of aryl methyl sites for hydroxylation is 3. The molecule has 2 aromatic carbocycles. The number of carbonyl (C=O) groups excluding carboxylic acids is 1. The molecule has 1 aromatic heterocycles. The summed E-state index contributed by atoms with van der Waals surface area (Å²) in [6.45, 7) is 8.96. The summed E-state index contributed by atoms with van der Waals surface area (Å²) < 4.78 is 7.02. The Bertz CT molecular complexity index is 922. The van der Waals surface area contributed by atoms with Crippen molar-refractivity contribution in [3.8, 4) is 22.5 Å². The fraction of sp³-hybridized carbons (Fsp3) is 0.304. The molecule has 0 aliphatic rings. The predicted molar refractivity (Wildman–Crippen MR) is 109 cm³/mol. The number of nitrogens with zero attached hydrogens (tertiary/aromatic N) is 2. The third-order valence-electron chi connectivity index (χ3n) is 4.67. The van der Waals surface area contributed by atoms with Crippen molar-refractivity contribution < 1.29 is 9.53 Å². The van der Waals surface area contributed by atoms with Crippen molar-refractivity contribution in [3.63, 3.8) is 0 Å². The van der Waals surface area contributed by atoms with E-state index in [0.717, 1.165) is 28.1 Å². The van der Waals surface area contributed by atoms with Crippen LogP contribution in [0.2, 0.25) is 0 Å². The Balaban J connectivity index is 2.03. The molecule has 4 nitrogen and oxygen atoms in total. The first-order valence-corrected chi connectivity index (χ1v) is 9.36. The number of ether oxygens (including phenoxy) is 1. The van der Waals surface area contributed by atoms with E-state index >= 15 is 0 Å². The zero-order valence-electron chi connectivity index (χ0n) is 16.5. The Morgan fingerprint density at radius 1 is 0.926 bits per heavy atom. The zero-order valence-corrected chi connectivity index (χ0v) is 16.5. The van der Waals surface area contributed by atoms with Crippen LogP contribution in [0.1, 0.15) is 30.0 Å². The molecule has 3 aromatic rings. The molecule has 0 aliphatic carbocycles. The lowest BCUT2D eigenvalue weighted by Crippen LogP contribution is -2.11. The van der Waals surface area contributed by atoms with Gasteiger partial charge in [-0.2, -0.15) is 5.10 Å². The molecule has 140 valence electrons. The van der Waals surface area contributed by atoms with E-state index in [-0.39, 0.29) is 5.97 Å². The molecule has 1 heterocycles. The monoisotopic (exact) mass is 362 g/mol. The minimum Gasteiger partial charge on any atom is -0.466 e. The average molecular weight is 362 g/mol. The number of rotatable bonds is 6. The molecule has 0 N–H and O–H groups in total.